The van der Waals surface area contributed by atoms with Crippen molar-refractivity contribution in [1.29, 1.82) is 0 Å². The third-order valence-corrected chi connectivity index (χ3v) is 2.22. The van der Waals surface area contributed by atoms with Crippen LogP contribution in [0.25, 0.3) is 0 Å². The van der Waals surface area contributed by atoms with Crippen molar-refractivity contribution in [3.63, 3.8) is 0 Å². The number of hydrogen-bond donors (Lipinski definition) is 2. The van der Waals surface area contributed by atoms with E-state index in [2.05, 4.69) is 5.43 Å². The lowest BCUT2D eigenvalue weighted by molar-refractivity contribution is -0.133. The van der Waals surface area contributed by atoms with Gasteiger partial charge in [0.05, 0.1) is 6.61 Å². The van der Waals surface area contributed by atoms with Gasteiger partial charge in [0.15, 0.2) is 0 Å². The number of hydrogen-bond acceptors (Lipinski definition) is 4. The Balaban J connectivity index is 2.21. The number of rotatable bonds is 7. The maximum atomic E-state index is 11.2. The largest absolute Gasteiger partial charge is 0.491 e. The number of hydrazine groups is 1. The molecule has 1 aromatic rings. The Labute approximate surface area is 101 Å². The molecule has 1 amide bonds. The minimum Gasteiger partial charge on any atom is -0.491 e. The summed E-state index contributed by atoms with van der Waals surface area (Å²) in [6.07, 6.45) is 0.0633. The van der Waals surface area contributed by atoms with Crippen LogP contribution in [0, 0.1) is 0 Å². The second kappa shape index (κ2) is 7.65. The van der Waals surface area contributed by atoms with Gasteiger partial charge in [-0.15, -0.1) is 0 Å². The van der Waals surface area contributed by atoms with Crippen LogP contribution in [0.15, 0.2) is 30.3 Å². The molecule has 1 rings (SSSR count). The van der Waals surface area contributed by atoms with Gasteiger partial charge in [-0.05, 0) is 18.6 Å². The summed E-state index contributed by atoms with van der Waals surface area (Å²) < 4.78 is 10.8. The van der Waals surface area contributed by atoms with Gasteiger partial charge in [-0.25, -0.2) is 5.84 Å². The fourth-order valence-electron chi connectivity index (χ4n) is 1.34. The number of carbonyl (C=O) groups is 1. The molecule has 5 nitrogen and oxygen atoms in total. The van der Waals surface area contributed by atoms with Crippen molar-refractivity contribution in [3.05, 3.63) is 30.3 Å². The van der Waals surface area contributed by atoms with Gasteiger partial charge in [0.25, 0.3) is 5.91 Å². The molecule has 0 radical (unpaired) electrons. The van der Waals surface area contributed by atoms with Crippen LogP contribution in [-0.2, 0) is 9.53 Å². The van der Waals surface area contributed by atoms with Gasteiger partial charge >= 0.3 is 0 Å². The van der Waals surface area contributed by atoms with E-state index in [1.54, 1.807) is 0 Å². The number of amides is 1. The van der Waals surface area contributed by atoms with Gasteiger partial charge in [-0.3, -0.25) is 10.2 Å². The third-order valence-electron chi connectivity index (χ3n) is 2.22. The average Bonchev–Trinajstić information content (AvgIpc) is 2.39. The second-order valence-electron chi connectivity index (χ2n) is 3.44. The second-order valence-corrected chi connectivity index (χ2v) is 3.44. The summed E-state index contributed by atoms with van der Waals surface area (Å²) in [5.41, 5.74) is 2.07. The molecule has 94 valence electrons. The predicted molar refractivity (Wildman–Crippen MR) is 64.3 cm³/mol. The minimum absolute atomic E-state index is 0.313. The van der Waals surface area contributed by atoms with Gasteiger partial charge in [0, 0.05) is 0 Å². The molecular weight excluding hydrogens is 220 g/mol. The van der Waals surface area contributed by atoms with Crippen LogP contribution in [0.5, 0.6) is 5.75 Å². The van der Waals surface area contributed by atoms with Crippen LogP contribution >= 0.6 is 0 Å². The van der Waals surface area contributed by atoms with E-state index in [0.717, 1.165) is 5.75 Å². The number of carbonyl (C=O) groups excluding carboxylic acids is 1. The highest BCUT2D eigenvalue weighted by molar-refractivity contribution is 5.79. The summed E-state index contributed by atoms with van der Waals surface area (Å²) in [6.45, 7) is 2.61. The van der Waals surface area contributed by atoms with Gasteiger partial charge < -0.3 is 9.47 Å². The first kappa shape index (κ1) is 13.5. The maximum absolute atomic E-state index is 11.2. The lowest BCUT2D eigenvalue weighted by Gasteiger charge is -2.14. The monoisotopic (exact) mass is 238 g/mol. The Morgan fingerprint density at radius 1 is 1.35 bits per heavy atom. The molecule has 17 heavy (non-hydrogen) atoms. The topological polar surface area (TPSA) is 73.6 Å². The Morgan fingerprint density at radius 3 is 2.65 bits per heavy atom. The first-order valence-electron chi connectivity index (χ1n) is 5.57. The van der Waals surface area contributed by atoms with E-state index in [1.807, 2.05) is 37.3 Å². The zero-order valence-electron chi connectivity index (χ0n) is 9.89. The highest BCUT2D eigenvalue weighted by Crippen LogP contribution is 2.08. The molecule has 0 bridgehead atoms. The molecule has 0 aromatic heterocycles. The van der Waals surface area contributed by atoms with Gasteiger partial charge in [-0.2, -0.15) is 0 Å². The first-order chi connectivity index (χ1) is 8.27. The number of benzene rings is 1. The van der Waals surface area contributed by atoms with Crippen LogP contribution < -0.4 is 16.0 Å². The van der Waals surface area contributed by atoms with Crippen molar-refractivity contribution in [1.82, 2.24) is 5.43 Å². The van der Waals surface area contributed by atoms with Gasteiger partial charge in [0.2, 0.25) is 0 Å². The third kappa shape index (κ3) is 4.84. The lowest BCUT2D eigenvalue weighted by Crippen LogP contribution is -2.40. The molecule has 0 fully saturated rings. The molecule has 1 aromatic carbocycles. The summed E-state index contributed by atoms with van der Waals surface area (Å²) in [5.74, 6) is 5.50. The maximum Gasteiger partial charge on any atom is 0.262 e. The van der Waals surface area contributed by atoms with E-state index in [1.165, 1.54) is 0 Å². The molecule has 0 aliphatic rings. The van der Waals surface area contributed by atoms with Crippen molar-refractivity contribution in [2.45, 2.75) is 19.4 Å². The zero-order chi connectivity index (χ0) is 12.5. The number of ether oxygens (including phenoxy) is 2. The van der Waals surface area contributed by atoms with Crippen molar-refractivity contribution in [2.24, 2.45) is 5.84 Å². The van der Waals surface area contributed by atoms with Crippen LogP contribution in [0.2, 0.25) is 0 Å². The summed E-state index contributed by atoms with van der Waals surface area (Å²) in [7, 11) is 0. The summed E-state index contributed by atoms with van der Waals surface area (Å²) in [4.78, 5) is 11.2. The van der Waals surface area contributed by atoms with Crippen LogP contribution in [-0.4, -0.2) is 25.2 Å². The van der Waals surface area contributed by atoms with Crippen molar-refractivity contribution in [3.8, 4) is 5.75 Å². The molecule has 1 atom stereocenters. The van der Waals surface area contributed by atoms with Crippen molar-refractivity contribution < 1.29 is 14.3 Å². The molecule has 5 heteroatoms. The zero-order valence-corrected chi connectivity index (χ0v) is 9.89. The van der Waals surface area contributed by atoms with Crippen LogP contribution in [0.3, 0.4) is 0 Å². The fourth-order valence-corrected chi connectivity index (χ4v) is 1.34. The molecule has 1 unspecified atom stereocenters. The lowest BCUT2D eigenvalue weighted by atomic mass is 10.2. The van der Waals surface area contributed by atoms with Crippen molar-refractivity contribution >= 4 is 5.91 Å². The van der Waals surface area contributed by atoms with Crippen molar-refractivity contribution in [2.75, 3.05) is 13.2 Å². The highest BCUT2D eigenvalue weighted by Gasteiger charge is 2.15. The number of para-hydroxylation sites is 1. The average molecular weight is 238 g/mol. The Hall–Kier alpha value is -1.59. The standard InChI is InChI=1S/C12H18N2O3/c1-2-11(12(15)14-13)17-9-8-16-10-6-4-3-5-7-10/h3-7,11H,2,8-9,13H2,1H3,(H,14,15). The fraction of sp³-hybridized carbons (Fsp3) is 0.417. The van der Waals surface area contributed by atoms with Gasteiger partial charge in [-0.1, -0.05) is 25.1 Å². The van der Waals surface area contributed by atoms with E-state index < -0.39 is 6.10 Å². The van der Waals surface area contributed by atoms with E-state index in [9.17, 15) is 4.79 Å². The van der Waals surface area contributed by atoms with E-state index >= 15 is 0 Å². The first-order valence-corrected chi connectivity index (χ1v) is 5.57. The summed E-state index contributed by atoms with van der Waals surface area (Å²) >= 11 is 0. The molecule has 0 aliphatic carbocycles. The van der Waals surface area contributed by atoms with E-state index in [0.29, 0.717) is 19.6 Å². The molecule has 0 heterocycles. The quantitative estimate of drug-likeness (QED) is 0.320. The minimum atomic E-state index is -0.514. The van der Waals surface area contributed by atoms with E-state index in [-0.39, 0.29) is 5.91 Å². The number of nitrogens with one attached hydrogen (secondary N) is 1. The van der Waals surface area contributed by atoms with Gasteiger partial charge in [0.1, 0.15) is 18.5 Å². The van der Waals surface area contributed by atoms with Crippen LogP contribution in [0.4, 0.5) is 0 Å². The molecule has 3 N–H and O–H groups in total. The Morgan fingerprint density at radius 2 is 2.06 bits per heavy atom. The molecular formula is C12H18N2O3. The number of nitrogens with two attached hydrogens (primary N) is 1. The SMILES string of the molecule is CCC(OCCOc1ccccc1)C(=O)NN. The normalized spacial score (nSPS) is 11.9. The summed E-state index contributed by atoms with van der Waals surface area (Å²) in [5, 5.41) is 0. The molecule has 0 spiro atoms. The van der Waals surface area contributed by atoms with Crippen LogP contribution in [0.1, 0.15) is 13.3 Å². The molecule has 0 aliphatic heterocycles. The molecule has 0 saturated heterocycles. The predicted octanol–water partition coefficient (Wildman–Crippen LogP) is 0.851. The Kier molecular flexibility index (Phi) is 6.06. The van der Waals surface area contributed by atoms with E-state index in [4.69, 9.17) is 15.3 Å². The highest BCUT2D eigenvalue weighted by atomic mass is 16.5. The molecule has 0 saturated carbocycles. The smallest absolute Gasteiger partial charge is 0.262 e. The summed E-state index contributed by atoms with van der Waals surface area (Å²) in [6, 6.07) is 9.44. The Bertz CT molecular complexity index is 330.